The lowest BCUT2D eigenvalue weighted by Gasteiger charge is -2.03. The fraction of sp³-hybridized carbons (Fsp3) is 0.125. The van der Waals surface area contributed by atoms with E-state index in [-0.39, 0.29) is 5.91 Å². The van der Waals surface area contributed by atoms with Gasteiger partial charge in [-0.05, 0) is 44.2 Å². The van der Waals surface area contributed by atoms with Crippen molar-refractivity contribution < 1.29 is 9.32 Å². The zero-order chi connectivity index (χ0) is 15.7. The minimum Gasteiger partial charge on any atom is -0.361 e. The Labute approximate surface area is 136 Å². The molecule has 2 aromatic heterocycles. The highest BCUT2D eigenvalue weighted by molar-refractivity contribution is 7.17. The molecule has 0 radical (unpaired) electrons. The van der Waals surface area contributed by atoms with Gasteiger partial charge in [0.05, 0.1) is 16.1 Å². The first-order chi connectivity index (χ1) is 10.5. The van der Waals surface area contributed by atoms with E-state index < -0.39 is 0 Å². The molecule has 1 N–H and O–H groups in total. The maximum absolute atomic E-state index is 12.3. The van der Waals surface area contributed by atoms with Gasteiger partial charge in [-0.15, -0.1) is 11.3 Å². The van der Waals surface area contributed by atoms with E-state index in [0.29, 0.717) is 15.6 Å². The molecule has 0 unspecified atom stereocenters. The van der Waals surface area contributed by atoms with Crippen LogP contribution in [0.15, 0.2) is 40.9 Å². The van der Waals surface area contributed by atoms with Crippen molar-refractivity contribution in [2.45, 2.75) is 13.8 Å². The molecule has 112 valence electrons. The van der Waals surface area contributed by atoms with E-state index in [1.807, 2.05) is 19.9 Å². The lowest BCUT2D eigenvalue weighted by molar-refractivity contribution is 0.103. The minimum absolute atomic E-state index is 0.162. The molecule has 22 heavy (non-hydrogen) atoms. The average Bonchev–Trinajstić information content (AvgIpc) is 3.06. The van der Waals surface area contributed by atoms with Crippen molar-refractivity contribution in [3.05, 3.63) is 57.8 Å². The highest BCUT2D eigenvalue weighted by Gasteiger charge is 2.16. The van der Waals surface area contributed by atoms with E-state index in [9.17, 15) is 4.79 Å². The number of thiophene rings is 1. The Morgan fingerprint density at radius 2 is 2.09 bits per heavy atom. The molecular formula is C16H13ClN2O2S. The summed E-state index contributed by atoms with van der Waals surface area (Å²) in [7, 11) is 0. The smallest absolute Gasteiger partial charge is 0.265 e. The van der Waals surface area contributed by atoms with Crippen LogP contribution in [-0.4, -0.2) is 11.1 Å². The molecule has 0 aliphatic heterocycles. The molecule has 3 aromatic rings. The molecule has 0 spiro atoms. The first-order valence-electron chi connectivity index (χ1n) is 6.64. The number of rotatable bonds is 3. The van der Waals surface area contributed by atoms with Crippen LogP contribution in [0, 0.1) is 13.8 Å². The zero-order valence-electron chi connectivity index (χ0n) is 12.0. The van der Waals surface area contributed by atoms with Crippen LogP contribution in [0.2, 0.25) is 5.02 Å². The number of nitrogens with one attached hydrogen (secondary N) is 1. The molecule has 0 saturated carbocycles. The van der Waals surface area contributed by atoms with E-state index in [4.69, 9.17) is 16.1 Å². The summed E-state index contributed by atoms with van der Waals surface area (Å²) in [6.45, 7) is 3.75. The fourth-order valence-electron chi connectivity index (χ4n) is 2.19. The van der Waals surface area contributed by atoms with Crippen LogP contribution >= 0.6 is 22.9 Å². The summed E-state index contributed by atoms with van der Waals surface area (Å²) >= 11 is 7.32. The maximum atomic E-state index is 12.3. The molecule has 3 rings (SSSR count). The van der Waals surface area contributed by atoms with E-state index in [1.54, 1.807) is 30.3 Å². The minimum atomic E-state index is -0.162. The van der Waals surface area contributed by atoms with Gasteiger partial charge < -0.3 is 9.84 Å². The second kappa shape index (κ2) is 5.94. The third-order valence-electron chi connectivity index (χ3n) is 3.19. The number of hydrogen-bond acceptors (Lipinski definition) is 4. The Morgan fingerprint density at radius 1 is 1.27 bits per heavy atom. The third kappa shape index (κ3) is 2.91. The van der Waals surface area contributed by atoms with Gasteiger partial charge in [0.2, 0.25) is 0 Å². The van der Waals surface area contributed by atoms with Gasteiger partial charge in [-0.3, -0.25) is 4.79 Å². The molecule has 0 saturated heterocycles. The second-order valence-electron chi connectivity index (χ2n) is 4.83. The van der Waals surface area contributed by atoms with Gasteiger partial charge in [-0.2, -0.15) is 0 Å². The maximum Gasteiger partial charge on any atom is 0.265 e. The van der Waals surface area contributed by atoms with Gasteiger partial charge in [0.25, 0.3) is 5.91 Å². The number of hydrogen-bond donors (Lipinski definition) is 1. The summed E-state index contributed by atoms with van der Waals surface area (Å²) in [5.74, 6) is 0.589. The molecule has 0 atom stereocenters. The molecular weight excluding hydrogens is 320 g/mol. The number of carbonyl (C=O) groups excluding carboxylic acids is 1. The number of anilines is 1. The number of carbonyl (C=O) groups is 1. The molecule has 1 aromatic carbocycles. The Hall–Kier alpha value is -2.11. The van der Waals surface area contributed by atoms with Crippen molar-refractivity contribution in [2.75, 3.05) is 5.32 Å². The third-order valence-corrected chi connectivity index (χ3v) is 4.53. The van der Waals surface area contributed by atoms with Gasteiger partial charge in [0.1, 0.15) is 5.76 Å². The van der Waals surface area contributed by atoms with Crippen molar-refractivity contribution in [2.24, 2.45) is 0 Å². The molecule has 1 amide bonds. The summed E-state index contributed by atoms with van der Waals surface area (Å²) in [6.07, 6.45) is 0. The van der Waals surface area contributed by atoms with E-state index in [2.05, 4.69) is 10.5 Å². The monoisotopic (exact) mass is 332 g/mol. The van der Waals surface area contributed by atoms with E-state index in [1.165, 1.54) is 11.3 Å². The van der Waals surface area contributed by atoms with Crippen molar-refractivity contribution in [1.82, 2.24) is 5.16 Å². The van der Waals surface area contributed by atoms with Gasteiger partial charge in [-0.1, -0.05) is 22.8 Å². The van der Waals surface area contributed by atoms with Gasteiger partial charge in [0.15, 0.2) is 0 Å². The number of nitrogens with zero attached hydrogens (tertiary/aromatic N) is 1. The Balaban J connectivity index is 1.83. The first-order valence-corrected chi connectivity index (χ1v) is 7.84. The molecule has 4 nitrogen and oxygen atoms in total. The predicted molar refractivity (Wildman–Crippen MR) is 88.7 cm³/mol. The van der Waals surface area contributed by atoms with Gasteiger partial charge in [0, 0.05) is 15.6 Å². The van der Waals surface area contributed by atoms with E-state index in [0.717, 1.165) is 21.9 Å². The Kier molecular flexibility index (Phi) is 4.00. The normalized spacial score (nSPS) is 10.7. The molecule has 2 heterocycles. The van der Waals surface area contributed by atoms with Crippen LogP contribution in [0.5, 0.6) is 0 Å². The standard InChI is InChI=1S/C16H13ClN2O2S/c1-9-15(10(2)21-19-9)13-6-7-14(22-13)16(20)18-12-5-3-4-11(17)8-12/h3-8H,1-2H3,(H,18,20). The molecule has 0 fully saturated rings. The van der Waals surface area contributed by atoms with Crippen LogP contribution in [0.25, 0.3) is 10.4 Å². The summed E-state index contributed by atoms with van der Waals surface area (Å²) in [6, 6.07) is 10.8. The quantitative estimate of drug-likeness (QED) is 0.740. The lowest BCUT2D eigenvalue weighted by Crippen LogP contribution is -2.09. The number of aromatic nitrogens is 1. The van der Waals surface area contributed by atoms with Crippen LogP contribution in [0.1, 0.15) is 21.1 Å². The topological polar surface area (TPSA) is 55.1 Å². The Bertz CT molecular complexity index is 819. The predicted octanol–water partition coefficient (Wildman–Crippen LogP) is 4.93. The number of amides is 1. The molecule has 6 heteroatoms. The highest BCUT2D eigenvalue weighted by atomic mass is 35.5. The molecule has 0 bridgehead atoms. The van der Waals surface area contributed by atoms with Gasteiger partial charge in [-0.25, -0.2) is 0 Å². The number of benzene rings is 1. The fourth-order valence-corrected chi connectivity index (χ4v) is 3.42. The van der Waals surface area contributed by atoms with Crippen LogP contribution in [0.3, 0.4) is 0 Å². The first kappa shape index (κ1) is 14.8. The summed E-state index contributed by atoms with van der Waals surface area (Å²) in [5, 5.41) is 7.36. The van der Waals surface area contributed by atoms with Crippen LogP contribution < -0.4 is 5.32 Å². The highest BCUT2D eigenvalue weighted by Crippen LogP contribution is 2.33. The summed E-state index contributed by atoms with van der Waals surface area (Å²) in [4.78, 5) is 13.9. The SMILES string of the molecule is Cc1noc(C)c1-c1ccc(C(=O)Nc2cccc(Cl)c2)s1. The largest absolute Gasteiger partial charge is 0.361 e. The van der Waals surface area contributed by atoms with Crippen molar-refractivity contribution >= 4 is 34.5 Å². The zero-order valence-corrected chi connectivity index (χ0v) is 13.6. The second-order valence-corrected chi connectivity index (χ2v) is 6.35. The van der Waals surface area contributed by atoms with E-state index >= 15 is 0 Å². The molecule has 0 aliphatic carbocycles. The Morgan fingerprint density at radius 3 is 2.77 bits per heavy atom. The van der Waals surface area contributed by atoms with Crippen LogP contribution in [-0.2, 0) is 0 Å². The summed E-state index contributed by atoms with van der Waals surface area (Å²) in [5.41, 5.74) is 2.44. The summed E-state index contributed by atoms with van der Waals surface area (Å²) < 4.78 is 5.17. The number of aryl methyl sites for hydroxylation is 2. The van der Waals surface area contributed by atoms with Crippen molar-refractivity contribution in [3.63, 3.8) is 0 Å². The van der Waals surface area contributed by atoms with Crippen molar-refractivity contribution in [3.8, 4) is 10.4 Å². The average molecular weight is 333 g/mol. The molecule has 0 aliphatic rings. The van der Waals surface area contributed by atoms with Gasteiger partial charge >= 0.3 is 0 Å². The lowest BCUT2D eigenvalue weighted by atomic mass is 10.2. The van der Waals surface area contributed by atoms with Crippen LogP contribution in [0.4, 0.5) is 5.69 Å². The van der Waals surface area contributed by atoms with Crippen molar-refractivity contribution in [1.29, 1.82) is 0 Å². The number of halogens is 1.